The molecule has 1 aromatic carbocycles. The zero-order valence-electron chi connectivity index (χ0n) is 17.4. The number of nitrogens with zero attached hydrogens (tertiary/aromatic N) is 3. The van der Waals surface area contributed by atoms with E-state index >= 15 is 0 Å². The Morgan fingerprint density at radius 2 is 2.07 bits per heavy atom. The van der Waals surface area contributed by atoms with Crippen molar-refractivity contribution in [2.75, 3.05) is 19.6 Å². The summed E-state index contributed by atoms with van der Waals surface area (Å²) in [5.74, 6) is 0.905. The topological polar surface area (TPSA) is 100 Å². The first kappa shape index (κ1) is 20.5. The molecule has 2 fully saturated rings. The fourth-order valence-electron chi connectivity index (χ4n) is 4.11. The molecule has 8 nitrogen and oxygen atoms in total. The first-order chi connectivity index (χ1) is 14.6. The molecule has 0 radical (unpaired) electrons. The van der Waals surface area contributed by atoms with E-state index in [1.165, 1.54) is 5.56 Å². The number of aryl methyl sites for hydroxylation is 1. The minimum atomic E-state index is -0.412. The minimum Gasteiger partial charge on any atom is -0.354 e. The molecule has 2 atom stereocenters. The molecule has 160 valence electrons. The van der Waals surface area contributed by atoms with Crippen LogP contribution in [0.3, 0.4) is 0 Å². The van der Waals surface area contributed by atoms with Crippen molar-refractivity contribution >= 4 is 11.8 Å². The van der Waals surface area contributed by atoms with Crippen molar-refractivity contribution in [2.24, 2.45) is 5.92 Å². The molecule has 3 heterocycles. The van der Waals surface area contributed by atoms with Crippen molar-refractivity contribution in [2.45, 2.75) is 51.6 Å². The van der Waals surface area contributed by atoms with Crippen LogP contribution in [-0.2, 0) is 16.1 Å². The average Bonchev–Trinajstić information content (AvgIpc) is 3.12. The first-order valence-electron chi connectivity index (χ1n) is 10.8. The number of piperidine rings is 1. The Kier molecular flexibility index (Phi) is 6.42. The van der Waals surface area contributed by atoms with Gasteiger partial charge in [-0.1, -0.05) is 22.9 Å². The van der Waals surface area contributed by atoms with E-state index in [1.807, 2.05) is 31.2 Å². The number of likely N-dealkylation sites (tertiary alicyclic amines) is 1. The maximum Gasteiger partial charge on any atom is 0.257 e. The van der Waals surface area contributed by atoms with E-state index in [9.17, 15) is 9.59 Å². The van der Waals surface area contributed by atoms with Crippen molar-refractivity contribution in [3.8, 4) is 11.5 Å². The summed E-state index contributed by atoms with van der Waals surface area (Å²) in [7, 11) is 0. The summed E-state index contributed by atoms with van der Waals surface area (Å²) >= 11 is 0. The third-order valence-corrected chi connectivity index (χ3v) is 5.86. The smallest absolute Gasteiger partial charge is 0.257 e. The van der Waals surface area contributed by atoms with Gasteiger partial charge in [0.05, 0.1) is 12.5 Å². The molecule has 1 aromatic heterocycles. The van der Waals surface area contributed by atoms with Crippen molar-refractivity contribution < 1.29 is 14.1 Å². The Morgan fingerprint density at radius 1 is 1.23 bits per heavy atom. The predicted molar refractivity (Wildman–Crippen MR) is 111 cm³/mol. The molecular formula is C22H29N5O3. The average molecular weight is 412 g/mol. The molecule has 8 heteroatoms. The number of hydrogen-bond donors (Lipinski definition) is 2. The fourth-order valence-corrected chi connectivity index (χ4v) is 4.11. The number of nitrogens with one attached hydrogen (secondary N) is 2. The van der Waals surface area contributed by atoms with Gasteiger partial charge in [-0.3, -0.25) is 14.5 Å². The number of carbonyl (C=O) groups is 2. The van der Waals surface area contributed by atoms with Gasteiger partial charge in [-0.2, -0.15) is 4.98 Å². The van der Waals surface area contributed by atoms with E-state index in [-0.39, 0.29) is 17.7 Å². The van der Waals surface area contributed by atoms with E-state index in [1.54, 1.807) is 0 Å². The van der Waals surface area contributed by atoms with Crippen LogP contribution in [0.15, 0.2) is 28.8 Å². The van der Waals surface area contributed by atoms with Crippen LogP contribution in [0.1, 0.15) is 43.5 Å². The number of benzene rings is 1. The van der Waals surface area contributed by atoms with E-state index in [0.717, 1.165) is 37.8 Å². The van der Waals surface area contributed by atoms with Crippen LogP contribution in [-0.4, -0.2) is 52.5 Å². The molecule has 2 aliphatic heterocycles. The van der Waals surface area contributed by atoms with Crippen LogP contribution in [0.25, 0.3) is 11.5 Å². The molecule has 0 bridgehead atoms. The second-order valence-corrected chi connectivity index (χ2v) is 8.30. The molecular weight excluding hydrogens is 382 g/mol. The van der Waals surface area contributed by atoms with Crippen LogP contribution in [0.4, 0.5) is 0 Å². The Morgan fingerprint density at radius 3 is 2.90 bits per heavy atom. The van der Waals surface area contributed by atoms with Crippen LogP contribution in [0, 0.1) is 12.8 Å². The lowest BCUT2D eigenvalue weighted by molar-refractivity contribution is -0.132. The highest BCUT2D eigenvalue weighted by molar-refractivity contribution is 5.88. The minimum absolute atomic E-state index is 0.0322. The number of hydrogen-bond acceptors (Lipinski definition) is 6. The first-order valence-corrected chi connectivity index (χ1v) is 10.8. The predicted octanol–water partition coefficient (Wildman–Crippen LogP) is 2.04. The van der Waals surface area contributed by atoms with Crippen molar-refractivity contribution in [3.05, 3.63) is 35.7 Å². The third kappa shape index (κ3) is 5.05. The van der Waals surface area contributed by atoms with E-state index < -0.39 is 6.04 Å². The molecule has 0 spiro atoms. The van der Waals surface area contributed by atoms with Gasteiger partial charge in [0, 0.05) is 18.7 Å². The lowest BCUT2D eigenvalue weighted by atomic mass is 9.96. The fraction of sp³-hybridized carbons (Fsp3) is 0.545. The van der Waals surface area contributed by atoms with Gasteiger partial charge in [-0.05, 0) is 57.7 Å². The van der Waals surface area contributed by atoms with Crippen molar-refractivity contribution in [1.82, 2.24) is 25.7 Å². The molecule has 2 amide bonds. The van der Waals surface area contributed by atoms with Crippen molar-refractivity contribution in [3.63, 3.8) is 0 Å². The van der Waals surface area contributed by atoms with Crippen LogP contribution in [0.5, 0.6) is 0 Å². The SMILES string of the molecule is Cc1ccc(-c2nc(CN3CCCC(C(=O)NC4CCCCNC4=O)C3)no2)cc1. The van der Waals surface area contributed by atoms with Gasteiger partial charge in [-0.15, -0.1) is 0 Å². The number of rotatable bonds is 5. The maximum absolute atomic E-state index is 12.8. The summed E-state index contributed by atoms with van der Waals surface area (Å²) in [6.07, 6.45) is 4.38. The second kappa shape index (κ2) is 9.38. The zero-order chi connectivity index (χ0) is 20.9. The number of carbonyl (C=O) groups excluding carboxylic acids is 2. The third-order valence-electron chi connectivity index (χ3n) is 5.86. The molecule has 2 saturated heterocycles. The second-order valence-electron chi connectivity index (χ2n) is 8.30. The Bertz CT molecular complexity index is 879. The summed E-state index contributed by atoms with van der Waals surface area (Å²) in [5, 5.41) is 9.95. The van der Waals surface area contributed by atoms with E-state index in [0.29, 0.717) is 37.8 Å². The molecule has 4 rings (SSSR count). The molecule has 30 heavy (non-hydrogen) atoms. The molecule has 2 unspecified atom stereocenters. The summed E-state index contributed by atoms with van der Waals surface area (Å²) in [5.41, 5.74) is 2.08. The van der Waals surface area contributed by atoms with E-state index in [4.69, 9.17) is 4.52 Å². The van der Waals surface area contributed by atoms with Crippen LogP contribution >= 0.6 is 0 Å². The quantitative estimate of drug-likeness (QED) is 0.781. The number of amides is 2. The van der Waals surface area contributed by atoms with Crippen LogP contribution in [0.2, 0.25) is 0 Å². The lowest BCUT2D eigenvalue weighted by Gasteiger charge is -2.31. The molecule has 0 saturated carbocycles. The lowest BCUT2D eigenvalue weighted by Crippen LogP contribution is -2.50. The summed E-state index contributed by atoms with van der Waals surface area (Å²) in [4.78, 5) is 31.6. The molecule has 2 aliphatic rings. The Hall–Kier alpha value is -2.74. The number of aromatic nitrogens is 2. The standard InChI is InChI=1S/C22H29N5O3/c1-15-7-9-16(10-8-15)22-25-19(26-30-22)14-27-12-4-5-17(13-27)20(28)24-18-6-2-3-11-23-21(18)29/h7-10,17-18H,2-6,11-14H2,1H3,(H,23,29)(H,24,28). The summed E-state index contributed by atoms with van der Waals surface area (Å²) in [6.45, 7) is 4.80. The van der Waals surface area contributed by atoms with E-state index in [2.05, 4.69) is 25.7 Å². The highest BCUT2D eigenvalue weighted by atomic mass is 16.5. The molecule has 0 aliphatic carbocycles. The molecule has 2 N–H and O–H groups in total. The summed E-state index contributed by atoms with van der Waals surface area (Å²) < 4.78 is 5.42. The highest BCUT2D eigenvalue weighted by Gasteiger charge is 2.30. The molecule has 2 aromatic rings. The van der Waals surface area contributed by atoms with Gasteiger partial charge in [0.25, 0.3) is 5.89 Å². The van der Waals surface area contributed by atoms with Crippen LogP contribution < -0.4 is 10.6 Å². The normalized spacial score (nSPS) is 22.9. The monoisotopic (exact) mass is 411 g/mol. The van der Waals surface area contributed by atoms with Gasteiger partial charge in [0.15, 0.2) is 5.82 Å². The summed E-state index contributed by atoms with van der Waals surface area (Å²) in [6, 6.07) is 7.56. The highest BCUT2D eigenvalue weighted by Crippen LogP contribution is 2.21. The largest absolute Gasteiger partial charge is 0.354 e. The van der Waals surface area contributed by atoms with Crippen molar-refractivity contribution in [1.29, 1.82) is 0 Å². The van der Waals surface area contributed by atoms with Gasteiger partial charge in [0.1, 0.15) is 6.04 Å². The maximum atomic E-state index is 12.8. The Labute approximate surface area is 176 Å². The van der Waals surface area contributed by atoms with Gasteiger partial charge in [-0.25, -0.2) is 0 Å². The Balaban J connectivity index is 1.33. The zero-order valence-corrected chi connectivity index (χ0v) is 17.4. The van der Waals surface area contributed by atoms with Gasteiger partial charge in [0.2, 0.25) is 11.8 Å². The van der Waals surface area contributed by atoms with Gasteiger partial charge < -0.3 is 15.2 Å². The van der Waals surface area contributed by atoms with Gasteiger partial charge >= 0.3 is 0 Å².